The van der Waals surface area contributed by atoms with Crippen molar-refractivity contribution in [1.82, 2.24) is 4.90 Å². The van der Waals surface area contributed by atoms with Gasteiger partial charge in [-0.15, -0.1) is 0 Å². The molecule has 132 valence electrons. The number of carbonyl (C=O) groups is 1. The summed E-state index contributed by atoms with van der Waals surface area (Å²) in [7, 11) is 0. The molecule has 0 aromatic heterocycles. The Kier molecular flexibility index (Phi) is 4.69. The van der Waals surface area contributed by atoms with E-state index >= 15 is 0 Å². The number of rotatable bonds is 3. The number of halogens is 1. The molecule has 5 heteroatoms. The molecule has 4 nitrogen and oxygen atoms in total. The number of hydrogen-bond acceptors (Lipinski definition) is 2. The maximum absolute atomic E-state index is 12.6. The van der Waals surface area contributed by atoms with Gasteiger partial charge in [-0.05, 0) is 49.4 Å². The Balaban J connectivity index is 1.36. The summed E-state index contributed by atoms with van der Waals surface area (Å²) < 4.78 is 6.86. The Morgan fingerprint density at radius 3 is 2.58 bits per heavy atom. The number of benzene rings is 2. The zero-order chi connectivity index (χ0) is 18.1. The molecule has 2 aromatic rings. The third-order valence-electron chi connectivity index (χ3n) is 5.28. The Labute approximate surface area is 161 Å². The van der Waals surface area contributed by atoms with Gasteiger partial charge in [0.1, 0.15) is 5.75 Å². The summed E-state index contributed by atoms with van der Waals surface area (Å²) in [5.74, 6) is 0.959. The van der Waals surface area contributed by atoms with Crippen LogP contribution in [0.5, 0.6) is 5.75 Å². The molecule has 1 fully saturated rings. The molecule has 1 amide bonds. The van der Waals surface area contributed by atoms with E-state index in [1.54, 1.807) is 6.07 Å². The first-order valence-corrected chi connectivity index (χ1v) is 9.67. The van der Waals surface area contributed by atoms with E-state index in [2.05, 4.69) is 20.8 Å². The molecular formula is C21H19BrN2O2. The Morgan fingerprint density at radius 1 is 1.12 bits per heavy atom. The zero-order valence-electron chi connectivity index (χ0n) is 14.3. The summed E-state index contributed by atoms with van der Waals surface area (Å²) >= 11 is 3.41. The smallest absolute Gasteiger partial charge is 0.254 e. The van der Waals surface area contributed by atoms with Gasteiger partial charge in [0.15, 0.2) is 0 Å². The first-order valence-electron chi connectivity index (χ1n) is 8.88. The van der Waals surface area contributed by atoms with E-state index in [-0.39, 0.29) is 12.0 Å². The lowest BCUT2D eigenvalue weighted by Gasteiger charge is -2.34. The van der Waals surface area contributed by atoms with Crippen LogP contribution in [-0.2, 0) is 6.54 Å². The lowest BCUT2D eigenvalue weighted by Crippen LogP contribution is -2.40. The molecule has 26 heavy (non-hydrogen) atoms. The number of nitrogens with zero attached hydrogens (tertiary/aromatic N) is 2. The van der Waals surface area contributed by atoms with Crippen LogP contribution >= 0.6 is 15.9 Å². The Bertz CT molecular complexity index is 882. The minimum atomic E-state index is 0.164. The van der Waals surface area contributed by atoms with Crippen LogP contribution < -0.4 is 4.74 Å². The summed E-state index contributed by atoms with van der Waals surface area (Å²) in [4.78, 5) is 18.1. The summed E-state index contributed by atoms with van der Waals surface area (Å²) in [6, 6.07) is 13.7. The van der Waals surface area contributed by atoms with Crippen LogP contribution in [0.15, 0.2) is 46.9 Å². The van der Waals surface area contributed by atoms with Crippen molar-refractivity contribution in [3.8, 4) is 5.75 Å². The van der Waals surface area contributed by atoms with E-state index in [0.29, 0.717) is 11.7 Å². The fourth-order valence-corrected chi connectivity index (χ4v) is 4.34. The maximum atomic E-state index is 12.6. The predicted octanol–water partition coefficient (Wildman–Crippen LogP) is 5.35. The molecule has 0 saturated heterocycles. The first-order chi connectivity index (χ1) is 12.7. The van der Waals surface area contributed by atoms with Crippen molar-refractivity contribution in [3.63, 3.8) is 0 Å². The van der Waals surface area contributed by atoms with Gasteiger partial charge < -0.3 is 9.64 Å². The van der Waals surface area contributed by atoms with Gasteiger partial charge >= 0.3 is 0 Å². The van der Waals surface area contributed by atoms with Crippen LogP contribution in [0.3, 0.4) is 0 Å². The lowest BCUT2D eigenvalue weighted by atomic mass is 9.92. The van der Waals surface area contributed by atoms with Crippen molar-refractivity contribution < 1.29 is 9.53 Å². The van der Waals surface area contributed by atoms with Crippen LogP contribution in [0.1, 0.15) is 41.6 Å². The molecule has 0 bridgehead atoms. The molecule has 2 aromatic carbocycles. The van der Waals surface area contributed by atoms with Crippen molar-refractivity contribution in [3.05, 3.63) is 69.5 Å². The van der Waals surface area contributed by atoms with Gasteiger partial charge in [0.05, 0.1) is 12.7 Å². The van der Waals surface area contributed by atoms with E-state index in [1.807, 2.05) is 41.3 Å². The first kappa shape index (κ1) is 17.1. The molecule has 0 radical (unpaired) electrons. The van der Waals surface area contributed by atoms with Crippen LogP contribution in [0.4, 0.5) is 5.69 Å². The van der Waals surface area contributed by atoms with Gasteiger partial charge in [-0.25, -0.2) is 4.85 Å². The van der Waals surface area contributed by atoms with Crippen LogP contribution in [-0.4, -0.2) is 23.0 Å². The highest BCUT2D eigenvalue weighted by Crippen LogP contribution is 2.34. The van der Waals surface area contributed by atoms with Gasteiger partial charge in [-0.1, -0.05) is 40.2 Å². The highest BCUT2D eigenvalue weighted by Gasteiger charge is 2.35. The van der Waals surface area contributed by atoms with Crippen LogP contribution in [0, 0.1) is 6.57 Å². The van der Waals surface area contributed by atoms with Gasteiger partial charge in [0, 0.05) is 22.6 Å². The van der Waals surface area contributed by atoms with Crippen molar-refractivity contribution >= 4 is 27.5 Å². The molecule has 1 saturated carbocycles. The normalized spacial score (nSPS) is 22.0. The molecule has 0 unspecified atom stereocenters. The summed E-state index contributed by atoms with van der Waals surface area (Å²) in [6.07, 6.45) is 3.97. The molecule has 4 rings (SSSR count). The second-order valence-corrected chi connectivity index (χ2v) is 7.72. The fraction of sp³-hybridized carbons (Fsp3) is 0.333. The number of fused-ring (bicyclic) bond motifs is 1. The Hall–Kier alpha value is -2.32. The SMILES string of the molecule is [C-]#[N+]c1ccc(OC2CCC(N3Cc4ccccc4C3=O)CC2)cc1Br. The van der Waals surface area contributed by atoms with Gasteiger partial charge in [-0.2, -0.15) is 0 Å². The van der Waals surface area contributed by atoms with E-state index in [9.17, 15) is 4.79 Å². The quantitative estimate of drug-likeness (QED) is 0.639. The largest absolute Gasteiger partial charge is 0.491 e. The van der Waals surface area contributed by atoms with Crippen LogP contribution in [0.25, 0.3) is 4.85 Å². The average Bonchev–Trinajstić information content (AvgIpc) is 3.00. The third-order valence-corrected chi connectivity index (χ3v) is 5.91. The van der Waals surface area contributed by atoms with E-state index in [4.69, 9.17) is 11.3 Å². The summed E-state index contributed by atoms with van der Waals surface area (Å²) in [5, 5.41) is 0. The van der Waals surface area contributed by atoms with E-state index in [0.717, 1.165) is 53.6 Å². The third kappa shape index (κ3) is 3.22. The zero-order valence-corrected chi connectivity index (χ0v) is 15.9. The average molecular weight is 411 g/mol. The molecule has 0 N–H and O–H groups in total. The Morgan fingerprint density at radius 2 is 1.88 bits per heavy atom. The predicted molar refractivity (Wildman–Crippen MR) is 103 cm³/mol. The van der Waals surface area contributed by atoms with E-state index in [1.165, 1.54) is 0 Å². The molecular weight excluding hydrogens is 392 g/mol. The van der Waals surface area contributed by atoms with E-state index < -0.39 is 0 Å². The number of carbonyl (C=O) groups excluding carboxylic acids is 1. The summed E-state index contributed by atoms with van der Waals surface area (Å²) in [5.41, 5.74) is 2.59. The lowest BCUT2D eigenvalue weighted by molar-refractivity contribution is 0.0561. The molecule has 1 aliphatic carbocycles. The molecule has 0 spiro atoms. The van der Waals surface area contributed by atoms with Crippen molar-refractivity contribution in [1.29, 1.82) is 0 Å². The van der Waals surface area contributed by atoms with Gasteiger partial charge in [0.2, 0.25) is 5.69 Å². The molecule has 0 atom stereocenters. The topological polar surface area (TPSA) is 33.9 Å². The molecule has 1 heterocycles. The maximum Gasteiger partial charge on any atom is 0.254 e. The second kappa shape index (κ2) is 7.13. The highest BCUT2D eigenvalue weighted by molar-refractivity contribution is 9.10. The second-order valence-electron chi connectivity index (χ2n) is 6.86. The van der Waals surface area contributed by atoms with Crippen molar-refractivity contribution in [2.24, 2.45) is 0 Å². The minimum Gasteiger partial charge on any atom is -0.491 e. The standard InChI is InChI=1S/C21H19BrN2O2/c1-23-20-11-10-17(12-19(20)22)26-16-8-6-15(7-9-16)24-13-14-4-2-3-5-18(14)21(24)25/h2-5,10-12,15-16H,6-9,13H2. The molecule has 1 aliphatic heterocycles. The number of amides is 1. The van der Waals surface area contributed by atoms with Crippen molar-refractivity contribution in [2.45, 2.75) is 44.4 Å². The molecule has 2 aliphatic rings. The highest BCUT2D eigenvalue weighted by atomic mass is 79.9. The number of hydrogen-bond donors (Lipinski definition) is 0. The van der Waals surface area contributed by atoms with Gasteiger partial charge in [-0.3, -0.25) is 4.79 Å². The number of ether oxygens (including phenoxy) is 1. The van der Waals surface area contributed by atoms with Crippen molar-refractivity contribution in [2.75, 3.05) is 0 Å². The van der Waals surface area contributed by atoms with Crippen LogP contribution in [0.2, 0.25) is 0 Å². The fourth-order valence-electron chi connectivity index (χ4n) is 3.89. The monoisotopic (exact) mass is 410 g/mol. The van der Waals surface area contributed by atoms with Gasteiger partial charge in [0.25, 0.3) is 5.91 Å². The summed E-state index contributed by atoms with van der Waals surface area (Å²) in [6.45, 7) is 7.83. The minimum absolute atomic E-state index is 0.164.